The summed E-state index contributed by atoms with van der Waals surface area (Å²) in [5.41, 5.74) is 2.10. The van der Waals surface area contributed by atoms with Gasteiger partial charge in [-0.15, -0.1) is 0 Å². The predicted molar refractivity (Wildman–Crippen MR) is 64.5 cm³/mol. The smallest absolute Gasteiger partial charge is 0.335 e. The number of carbonyl (C=O) groups excluding carboxylic acids is 1. The molecule has 104 valence electrons. The van der Waals surface area contributed by atoms with Gasteiger partial charge in [-0.1, -0.05) is 24.3 Å². The number of alkyl halides is 3. The molecule has 0 saturated heterocycles. The SMILES string of the molecule is CN(CC(F)(F)F)C(=O)C1Cc2ccccc2CN1. The number of amides is 1. The lowest BCUT2D eigenvalue weighted by Crippen LogP contribution is -2.50. The fraction of sp³-hybridized carbons (Fsp3) is 0.462. The van der Waals surface area contributed by atoms with Gasteiger partial charge >= 0.3 is 6.18 Å². The van der Waals surface area contributed by atoms with E-state index in [-0.39, 0.29) is 0 Å². The van der Waals surface area contributed by atoms with Crippen molar-refractivity contribution in [2.24, 2.45) is 0 Å². The molecule has 1 aliphatic rings. The van der Waals surface area contributed by atoms with E-state index in [1.165, 1.54) is 7.05 Å². The first-order valence-corrected chi connectivity index (χ1v) is 5.99. The van der Waals surface area contributed by atoms with Crippen molar-refractivity contribution in [3.63, 3.8) is 0 Å². The van der Waals surface area contributed by atoms with Crippen molar-refractivity contribution in [3.8, 4) is 0 Å². The van der Waals surface area contributed by atoms with Crippen molar-refractivity contribution >= 4 is 5.91 Å². The molecule has 0 radical (unpaired) electrons. The molecule has 1 atom stereocenters. The minimum absolute atomic E-state index is 0.428. The van der Waals surface area contributed by atoms with Crippen molar-refractivity contribution < 1.29 is 18.0 Å². The second-order valence-corrected chi connectivity index (χ2v) is 4.72. The molecule has 1 amide bonds. The number of nitrogens with zero attached hydrogens (tertiary/aromatic N) is 1. The lowest BCUT2D eigenvalue weighted by atomic mass is 9.95. The van der Waals surface area contributed by atoms with E-state index in [2.05, 4.69) is 5.32 Å². The Bertz CT molecular complexity index is 473. The number of carbonyl (C=O) groups is 1. The van der Waals surface area contributed by atoms with Crippen LogP contribution in [-0.2, 0) is 17.8 Å². The Morgan fingerprint density at radius 2 is 2.00 bits per heavy atom. The van der Waals surface area contributed by atoms with E-state index in [1.807, 2.05) is 24.3 Å². The minimum Gasteiger partial charge on any atom is -0.335 e. The Morgan fingerprint density at radius 1 is 1.37 bits per heavy atom. The highest BCUT2D eigenvalue weighted by Gasteiger charge is 2.34. The third-order valence-electron chi connectivity index (χ3n) is 3.17. The summed E-state index contributed by atoms with van der Waals surface area (Å²) in [6.07, 6.45) is -3.94. The summed E-state index contributed by atoms with van der Waals surface area (Å²) in [6.45, 7) is -0.710. The van der Waals surface area contributed by atoms with Gasteiger partial charge in [-0.25, -0.2) is 0 Å². The zero-order chi connectivity index (χ0) is 14.0. The summed E-state index contributed by atoms with van der Waals surface area (Å²) in [7, 11) is 1.18. The topological polar surface area (TPSA) is 32.3 Å². The lowest BCUT2D eigenvalue weighted by molar-refractivity contribution is -0.159. The second kappa shape index (κ2) is 5.21. The number of rotatable bonds is 2. The number of hydrogen-bond acceptors (Lipinski definition) is 2. The van der Waals surface area contributed by atoms with Crippen LogP contribution in [0, 0.1) is 0 Å². The molecular formula is C13H15F3N2O. The monoisotopic (exact) mass is 272 g/mol. The average molecular weight is 272 g/mol. The van der Waals surface area contributed by atoms with Gasteiger partial charge in [-0.2, -0.15) is 13.2 Å². The standard InChI is InChI=1S/C13H15F3N2O/c1-18(8-13(14,15)16)12(19)11-6-9-4-2-3-5-10(9)7-17-11/h2-5,11,17H,6-8H2,1H3. The van der Waals surface area contributed by atoms with E-state index in [0.29, 0.717) is 13.0 Å². The Hall–Kier alpha value is -1.56. The Balaban J connectivity index is 2.03. The van der Waals surface area contributed by atoms with Crippen LogP contribution in [0.25, 0.3) is 0 Å². The van der Waals surface area contributed by atoms with E-state index in [9.17, 15) is 18.0 Å². The van der Waals surface area contributed by atoms with Gasteiger partial charge in [0.05, 0.1) is 6.04 Å². The van der Waals surface area contributed by atoms with E-state index in [0.717, 1.165) is 16.0 Å². The van der Waals surface area contributed by atoms with Crippen molar-refractivity contribution in [3.05, 3.63) is 35.4 Å². The lowest BCUT2D eigenvalue weighted by Gasteiger charge is -2.29. The Kier molecular flexibility index (Phi) is 3.80. The molecule has 1 aromatic carbocycles. The molecule has 0 spiro atoms. The van der Waals surface area contributed by atoms with Gasteiger partial charge in [0.25, 0.3) is 0 Å². The molecule has 1 aromatic rings. The van der Waals surface area contributed by atoms with Crippen LogP contribution in [0.5, 0.6) is 0 Å². The summed E-state index contributed by atoms with van der Waals surface area (Å²) in [4.78, 5) is 12.7. The maximum Gasteiger partial charge on any atom is 0.406 e. The van der Waals surface area contributed by atoms with E-state index >= 15 is 0 Å². The van der Waals surface area contributed by atoms with Gasteiger partial charge in [0, 0.05) is 13.6 Å². The number of hydrogen-bond donors (Lipinski definition) is 1. The first kappa shape index (κ1) is 13.9. The highest BCUT2D eigenvalue weighted by atomic mass is 19.4. The summed E-state index contributed by atoms with van der Waals surface area (Å²) in [5, 5.41) is 2.98. The minimum atomic E-state index is -4.36. The zero-order valence-corrected chi connectivity index (χ0v) is 10.5. The van der Waals surface area contributed by atoms with Crippen LogP contribution in [0.1, 0.15) is 11.1 Å². The predicted octanol–water partition coefficient (Wildman–Crippen LogP) is 1.72. The third-order valence-corrected chi connectivity index (χ3v) is 3.17. The molecule has 0 aromatic heterocycles. The molecule has 19 heavy (non-hydrogen) atoms. The number of likely N-dealkylation sites (N-methyl/N-ethyl adjacent to an activating group) is 1. The molecule has 2 rings (SSSR count). The number of nitrogens with one attached hydrogen (secondary N) is 1. The summed E-state index contributed by atoms with van der Waals surface area (Å²) < 4.78 is 36.8. The molecule has 6 heteroatoms. The number of benzene rings is 1. The van der Waals surface area contributed by atoms with Gasteiger partial charge in [0.15, 0.2) is 0 Å². The van der Waals surface area contributed by atoms with Crippen LogP contribution in [0.4, 0.5) is 13.2 Å². The van der Waals surface area contributed by atoms with E-state index in [1.54, 1.807) is 0 Å². The highest BCUT2D eigenvalue weighted by Crippen LogP contribution is 2.19. The maximum absolute atomic E-state index is 12.3. The van der Waals surface area contributed by atoms with Crippen LogP contribution in [0.15, 0.2) is 24.3 Å². The zero-order valence-electron chi connectivity index (χ0n) is 10.5. The quantitative estimate of drug-likeness (QED) is 0.889. The summed E-state index contributed by atoms with van der Waals surface area (Å²) in [6, 6.07) is 7.04. The molecule has 1 heterocycles. The largest absolute Gasteiger partial charge is 0.406 e. The van der Waals surface area contributed by atoms with Crippen LogP contribution in [0.2, 0.25) is 0 Å². The van der Waals surface area contributed by atoms with Gasteiger partial charge in [0.2, 0.25) is 5.91 Å². The molecule has 1 N–H and O–H groups in total. The first-order chi connectivity index (χ1) is 8.87. The molecule has 3 nitrogen and oxygen atoms in total. The van der Waals surface area contributed by atoms with Crippen LogP contribution >= 0.6 is 0 Å². The van der Waals surface area contributed by atoms with E-state index in [4.69, 9.17) is 0 Å². The van der Waals surface area contributed by atoms with Crippen LogP contribution in [-0.4, -0.2) is 36.6 Å². The van der Waals surface area contributed by atoms with Crippen LogP contribution in [0.3, 0.4) is 0 Å². The number of halogens is 3. The number of fused-ring (bicyclic) bond motifs is 1. The molecule has 0 bridgehead atoms. The van der Waals surface area contributed by atoms with Crippen molar-refractivity contribution in [2.75, 3.05) is 13.6 Å². The van der Waals surface area contributed by atoms with Crippen molar-refractivity contribution in [1.29, 1.82) is 0 Å². The maximum atomic E-state index is 12.3. The summed E-state index contributed by atoms with van der Waals surface area (Å²) >= 11 is 0. The fourth-order valence-corrected chi connectivity index (χ4v) is 2.24. The van der Waals surface area contributed by atoms with Gasteiger partial charge in [-0.05, 0) is 17.5 Å². The van der Waals surface area contributed by atoms with Crippen molar-refractivity contribution in [2.45, 2.75) is 25.2 Å². The van der Waals surface area contributed by atoms with Crippen LogP contribution < -0.4 is 5.32 Å². The molecule has 1 aliphatic heterocycles. The van der Waals surface area contributed by atoms with Crippen molar-refractivity contribution in [1.82, 2.24) is 10.2 Å². The first-order valence-electron chi connectivity index (χ1n) is 5.99. The molecular weight excluding hydrogens is 257 g/mol. The third kappa shape index (κ3) is 3.47. The molecule has 1 unspecified atom stereocenters. The fourth-order valence-electron chi connectivity index (χ4n) is 2.24. The normalized spacial score (nSPS) is 18.8. The summed E-state index contributed by atoms with van der Waals surface area (Å²) in [5.74, 6) is -0.521. The molecule has 0 aliphatic carbocycles. The second-order valence-electron chi connectivity index (χ2n) is 4.72. The van der Waals surface area contributed by atoms with Gasteiger partial charge < -0.3 is 10.2 Å². The Labute approximate surface area is 109 Å². The molecule has 0 fully saturated rings. The average Bonchev–Trinajstić information content (AvgIpc) is 2.35. The molecule has 0 saturated carbocycles. The highest BCUT2D eigenvalue weighted by molar-refractivity contribution is 5.82. The Morgan fingerprint density at radius 3 is 2.63 bits per heavy atom. The van der Waals surface area contributed by atoms with Gasteiger partial charge in [0.1, 0.15) is 6.54 Å². The van der Waals surface area contributed by atoms with E-state index < -0.39 is 24.7 Å². The van der Waals surface area contributed by atoms with Gasteiger partial charge in [-0.3, -0.25) is 4.79 Å².